The average molecular weight is 246 g/mol. The van der Waals surface area contributed by atoms with E-state index in [1.54, 1.807) is 0 Å². The standard InChI is InChI=1S/C11H22N2O4/c1-3-4-5-6-7-12-11(16)13-8-9(17-2)10(14)15/h9H,3-8H2,1-2H3,(H,14,15)(H2,12,13,16). The van der Waals surface area contributed by atoms with Crippen LogP contribution >= 0.6 is 0 Å². The topological polar surface area (TPSA) is 87.7 Å². The summed E-state index contributed by atoms with van der Waals surface area (Å²) < 4.78 is 4.68. The number of aliphatic carboxylic acids is 1. The number of carboxylic acid groups (broad SMARTS) is 1. The van der Waals surface area contributed by atoms with E-state index < -0.39 is 12.1 Å². The summed E-state index contributed by atoms with van der Waals surface area (Å²) in [5.41, 5.74) is 0. The minimum absolute atomic E-state index is 0.0351. The Morgan fingerprint density at radius 3 is 2.47 bits per heavy atom. The number of urea groups is 1. The molecule has 3 N–H and O–H groups in total. The van der Waals surface area contributed by atoms with Gasteiger partial charge in [-0.15, -0.1) is 0 Å². The predicted molar refractivity (Wildman–Crippen MR) is 64.0 cm³/mol. The van der Waals surface area contributed by atoms with Crippen LogP contribution in [0.3, 0.4) is 0 Å². The summed E-state index contributed by atoms with van der Waals surface area (Å²) in [5, 5.41) is 13.8. The fourth-order valence-corrected chi connectivity index (χ4v) is 1.27. The molecule has 0 rings (SSSR count). The first-order valence-corrected chi connectivity index (χ1v) is 5.89. The van der Waals surface area contributed by atoms with Crippen LogP contribution in [-0.2, 0) is 9.53 Å². The van der Waals surface area contributed by atoms with E-state index in [4.69, 9.17) is 5.11 Å². The van der Waals surface area contributed by atoms with Crippen molar-refractivity contribution in [2.24, 2.45) is 0 Å². The van der Waals surface area contributed by atoms with E-state index in [9.17, 15) is 9.59 Å². The molecule has 0 aromatic heterocycles. The molecule has 0 radical (unpaired) electrons. The van der Waals surface area contributed by atoms with Crippen molar-refractivity contribution in [1.29, 1.82) is 0 Å². The Kier molecular flexibility index (Phi) is 9.14. The predicted octanol–water partition coefficient (Wildman–Crippen LogP) is 0.965. The maximum atomic E-state index is 11.2. The van der Waals surface area contributed by atoms with Gasteiger partial charge in [0.25, 0.3) is 0 Å². The molecule has 0 saturated carbocycles. The summed E-state index contributed by atoms with van der Waals surface area (Å²) in [6.45, 7) is 2.69. The van der Waals surface area contributed by atoms with Gasteiger partial charge in [-0.05, 0) is 6.42 Å². The van der Waals surface area contributed by atoms with Crippen LogP contribution in [-0.4, -0.2) is 43.4 Å². The van der Waals surface area contributed by atoms with Gasteiger partial charge in [0.1, 0.15) is 0 Å². The van der Waals surface area contributed by atoms with Gasteiger partial charge < -0.3 is 20.5 Å². The third-order valence-electron chi connectivity index (χ3n) is 2.32. The number of hydrogen-bond donors (Lipinski definition) is 3. The highest BCUT2D eigenvalue weighted by atomic mass is 16.5. The molecule has 0 heterocycles. The number of unbranched alkanes of at least 4 members (excludes halogenated alkanes) is 3. The molecule has 0 aromatic carbocycles. The Morgan fingerprint density at radius 2 is 1.94 bits per heavy atom. The van der Waals surface area contributed by atoms with Gasteiger partial charge in [-0.1, -0.05) is 26.2 Å². The fourth-order valence-electron chi connectivity index (χ4n) is 1.27. The molecule has 0 aliphatic heterocycles. The third kappa shape index (κ3) is 8.50. The first kappa shape index (κ1) is 15.7. The number of hydrogen-bond acceptors (Lipinski definition) is 3. The first-order chi connectivity index (χ1) is 8.11. The van der Waals surface area contributed by atoms with Crippen molar-refractivity contribution in [2.75, 3.05) is 20.2 Å². The Morgan fingerprint density at radius 1 is 1.24 bits per heavy atom. The number of carbonyl (C=O) groups excluding carboxylic acids is 1. The van der Waals surface area contributed by atoms with E-state index >= 15 is 0 Å². The van der Waals surface area contributed by atoms with Gasteiger partial charge in [-0.25, -0.2) is 9.59 Å². The lowest BCUT2D eigenvalue weighted by Crippen LogP contribution is -2.43. The maximum Gasteiger partial charge on any atom is 0.334 e. The molecular formula is C11H22N2O4. The maximum absolute atomic E-state index is 11.2. The van der Waals surface area contributed by atoms with Crippen LogP contribution in [0.2, 0.25) is 0 Å². The summed E-state index contributed by atoms with van der Waals surface area (Å²) in [4.78, 5) is 21.8. The van der Waals surface area contributed by atoms with Crippen LogP contribution in [0.1, 0.15) is 32.6 Å². The van der Waals surface area contributed by atoms with Crippen molar-refractivity contribution in [1.82, 2.24) is 10.6 Å². The van der Waals surface area contributed by atoms with E-state index in [0.29, 0.717) is 6.54 Å². The van der Waals surface area contributed by atoms with Gasteiger partial charge in [-0.3, -0.25) is 0 Å². The van der Waals surface area contributed by atoms with Crippen LogP contribution in [0.5, 0.6) is 0 Å². The number of methoxy groups -OCH3 is 1. The van der Waals surface area contributed by atoms with Crippen molar-refractivity contribution in [3.8, 4) is 0 Å². The monoisotopic (exact) mass is 246 g/mol. The molecule has 0 bridgehead atoms. The van der Waals surface area contributed by atoms with Crippen LogP contribution in [0, 0.1) is 0 Å². The Balaban J connectivity index is 3.55. The largest absolute Gasteiger partial charge is 0.479 e. The molecule has 100 valence electrons. The molecule has 0 aromatic rings. The second-order valence-corrected chi connectivity index (χ2v) is 3.76. The highest BCUT2D eigenvalue weighted by molar-refractivity contribution is 5.76. The molecule has 0 aliphatic rings. The van der Waals surface area contributed by atoms with Gasteiger partial charge in [0, 0.05) is 13.7 Å². The molecule has 6 heteroatoms. The second kappa shape index (κ2) is 9.89. The number of carbonyl (C=O) groups is 2. The van der Waals surface area contributed by atoms with E-state index in [-0.39, 0.29) is 12.6 Å². The Labute approximate surface area is 102 Å². The zero-order valence-corrected chi connectivity index (χ0v) is 10.5. The quantitative estimate of drug-likeness (QED) is 0.529. The van der Waals surface area contributed by atoms with E-state index in [1.807, 2.05) is 0 Å². The molecule has 1 atom stereocenters. The third-order valence-corrected chi connectivity index (χ3v) is 2.32. The molecule has 0 saturated heterocycles. The van der Waals surface area contributed by atoms with Crippen molar-refractivity contribution in [3.05, 3.63) is 0 Å². The fraction of sp³-hybridized carbons (Fsp3) is 0.818. The molecule has 17 heavy (non-hydrogen) atoms. The molecule has 1 unspecified atom stereocenters. The van der Waals surface area contributed by atoms with Gasteiger partial charge in [0.15, 0.2) is 6.10 Å². The minimum Gasteiger partial charge on any atom is -0.479 e. The van der Waals surface area contributed by atoms with Crippen molar-refractivity contribution >= 4 is 12.0 Å². The van der Waals surface area contributed by atoms with Gasteiger partial charge in [-0.2, -0.15) is 0 Å². The van der Waals surface area contributed by atoms with E-state index in [0.717, 1.165) is 25.7 Å². The van der Waals surface area contributed by atoms with Crippen molar-refractivity contribution in [2.45, 2.75) is 38.7 Å². The lowest BCUT2D eigenvalue weighted by molar-refractivity contribution is -0.147. The minimum atomic E-state index is -1.09. The molecule has 6 nitrogen and oxygen atoms in total. The zero-order valence-electron chi connectivity index (χ0n) is 10.5. The highest BCUT2D eigenvalue weighted by Crippen LogP contribution is 1.96. The smallest absolute Gasteiger partial charge is 0.334 e. The van der Waals surface area contributed by atoms with Crippen molar-refractivity contribution in [3.63, 3.8) is 0 Å². The summed E-state index contributed by atoms with van der Waals surface area (Å²) in [5.74, 6) is -1.09. The molecule has 2 amide bonds. The first-order valence-electron chi connectivity index (χ1n) is 5.89. The van der Waals surface area contributed by atoms with Crippen LogP contribution in [0.15, 0.2) is 0 Å². The number of rotatable bonds is 9. The second-order valence-electron chi connectivity index (χ2n) is 3.76. The van der Waals surface area contributed by atoms with Gasteiger partial charge in [0.2, 0.25) is 0 Å². The van der Waals surface area contributed by atoms with Crippen LogP contribution < -0.4 is 10.6 Å². The van der Waals surface area contributed by atoms with Crippen LogP contribution in [0.25, 0.3) is 0 Å². The highest BCUT2D eigenvalue weighted by Gasteiger charge is 2.16. The Bertz CT molecular complexity index is 234. The zero-order chi connectivity index (χ0) is 13.1. The number of nitrogens with one attached hydrogen (secondary N) is 2. The van der Waals surface area contributed by atoms with E-state index in [2.05, 4.69) is 22.3 Å². The summed E-state index contributed by atoms with van der Waals surface area (Å²) in [6.07, 6.45) is 3.34. The van der Waals surface area contributed by atoms with Crippen LogP contribution in [0.4, 0.5) is 4.79 Å². The number of carboxylic acids is 1. The average Bonchev–Trinajstić information content (AvgIpc) is 2.29. The molecule has 0 aliphatic carbocycles. The van der Waals surface area contributed by atoms with Crippen molar-refractivity contribution < 1.29 is 19.4 Å². The van der Waals surface area contributed by atoms with Gasteiger partial charge in [0.05, 0.1) is 6.54 Å². The van der Waals surface area contributed by atoms with E-state index in [1.165, 1.54) is 7.11 Å². The summed E-state index contributed by atoms with van der Waals surface area (Å²) >= 11 is 0. The number of ether oxygens (including phenoxy) is 1. The lowest BCUT2D eigenvalue weighted by atomic mass is 10.2. The molecular weight excluding hydrogens is 224 g/mol. The Hall–Kier alpha value is -1.30. The summed E-state index contributed by atoms with van der Waals surface area (Å²) in [7, 11) is 1.29. The number of amides is 2. The molecule has 0 fully saturated rings. The molecule has 0 spiro atoms. The summed E-state index contributed by atoms with van der Waals surface area (Å²) in [6, 6.07) is -0.357. The normalized spacial score (nSPS) is 11.9. The van der Waals surface area contributed by atoms with Gasteiger partial charge >= 0.3 is 12.0 Å². The SMILES string of the molecule is CCCCCCNC(=O)NCC(OC)C(=O)O. The lowest BCUT2D eigenvalue weighted by Gasteiger charge is -2.12.